The van der Waals surface area contributed by atoms with E-state index in [-0.39, 0.29) is 28.2 Å². The maximum atomic E-state index is 13.2. The number of hydrogen-bond acceptors (Lipinski definition) is 7. The Hall–Kier alpha value is -3.34. The maximum Gasteiger partial charge on any atom is 0.220 e. The van der Waals surface area contributed by atoms with Crippen LogP contribution in [0.5, 0.6) is 11.5 Å². The van der Waals surface area contributed by atoms with Crippen molar-refractivity contribution >= 4 is 35.0 Å². The highest BCUT2D eigenvalue weighted by molar-refractivity contribution is 7.99. The number of aromatic nitrogens is 3. The molecule has 0 amide bonds. The number of thioether (sulfide) groups is 1. The first-order valence-electron chi connectivity index (χ1n) is 11.0. The molecular formula is C25H21Cl2FN4O4S. The summed E-state index contributed by atoms with van der Waals surface area (Å²) >= 11 is 14.1. The molecule has 0 saturated carbocycles. The molecule has 0 aliphatic heterocycles. The highest BCUT2D eigenvalue weighted by atomic mass is 35.5. The quantitative estimate of drug-likeness (QED) is 0.120. The summed E-state index contributed by atoms with van der Waals surface area (Å²) < 4.78 is 25.9. The van der Waals surface area contributed by atoms with E-state index in [0.717, 1.165) is 11.3 Å². The minimum Gasteiger partial charge on any atom is -0.497 e. The van der Waals surface area contributed by atoms with E-state index in [9.17, 15) is 14.5 Å². The summed E-state index contributed by atoms with van der Waals surface area (Å²) in [5, 5.41) is 20.2. The number of halogens is 3. The molecule has 0 fully saturated rings. The Balaban J connectivity index is 1.60. The molecular weight excluding hydrogens is 542 g/mol. The summed E-state index contributed by atoms with van der Waals surface area (Å²) in [5.74, 6) is 1.20. The second-order valence-electron chi connectivity index (χ2n) is 7.91. The lowest BCUT2D eigenvalue weighted by molar-refractivity contribution is -0.479. The lowest BCUT2D eigenvalue weighted by Crippen LogP contribution is -2.11. The van der Waals surface area contributed by atoms with Crippen molar-refractivity contribution < 1.29 is 18.8 Å². The Kier molecular flexibility index (Phi) is 8.52. The van der Waals surface area contributed by atoms with Crippen LogP contribution in [0.2, 0.25) is 10.0 Å². The second-order valence-corrected chi connectivity index (χ2v) is 9.90. The molecule has 0 radical (unpaired) electrons. The van der Waals surface area contributed by atoms with E-state index in [2.05, 4.69) is 10.2 Å². The zero-order valence-corrected chi connectivity index (χ0v) is 22.1. The van der Waals surface area contributed by atoms with Gasteiger partial charge in [-0.3, -0.25) is 14.7 Å². The fraction of sp³-hybridized carbons (Fsp3) is 0.200. The molecule has 192 valence electrons. The van der Waals surface area contributed by atoms with Gasteiger partial charge in [0, 0.05) is 10.6 Å². The van der Waals surface area contributed by atoms with Gasteiger partial charge in [-0.05, 0) is 66.6 Å². The van der Waals surface area contributed by atoms with Gasteiger partial charge < -0.3 is 9.47 Å². The summed E-state index contributed by atoms with van der Waals surface area (Å²) in [4.78, 5) is 11.1. The third-order valence-electron chi connectivity index (χ3n) is 5.38. The number of aryl methyl sites for hydroxylation is 1. The monoisotopic (exact) mass is 562 g/mol. The van der Waals surface area contributed by atoms with E-state index in [1.165, 1.54) is 23.9 Å². The average Bonchev–Trinajstić information content (AvgIpc) is 3.23. The van der Waals surface area contributed by atoms with Gasteiger partial charge in [-0.15, -0.1) is 10.2 Å². The Morgan fingerprint density at radius 3 is 2.32 bits per heavy atom. The van der Waals surface area contributed by atoms with Gasteiger partial charge in [0.05, 0.1) is 17.2 Å². The van der Waals surface area contributed by atoms with Crippen LogP contribution in [-0.2, 0) is 6.61 Å². The number of benzene rings is 3. The number of rotatable bonds is 10. The highest BCUT2D eigenvalue weighted by Gasteiger charge is 2.26. The molecule has 0 aliphatic carbocycles. The summed E-state index contributed by atoms with van der Waals surface area (Å²) in [6, 6.07) is 16.3. The summed E-state index contributed by atoms with van der Waals surface area (Å²) in [5.41, 5.74) is 2.05. The van der Waals surface area contributed by atoms with Gasteiger partial charge in [0.25, 0.3) is 0 Å². The first-order valence-corrected chi connectivity index (χ1v) is 12.6. The van der Waals surface area contributed by atoms with Crippen LogP contribution in [-0.4, -0.2) is 33.3 Å². The molecule has 4 aromatic rings. The average molecular weight is 563 g/mol. The summed E-state index contributed by atoms with van der Waals surface area (Å²) in [6.45, 7) is 1.52. The molecule has 4 rings (SSSR count). The second kappa shape index (κ2) is 11.8. The highest BCUT2D eigenvalue weighted by Crippen LogP contribution is 2.42. The number of ether oxygens (including phenoxy) is 2. The Labute approximate surface area is 226 Å². The zero-order valence-electron chi connectivity index (χ0n) is 19.7. The van der Waals surface area contributed by atoms with Crippen LogP contribution in [0, 0.1) is 22.9 Å². The van der Waals surface area contributed by atoms with Crippen molar-refractivity contribution in [3.05, 3.63) is 104 Å². The predicted octanol–water partition coefficient (Wildman–Crippen LogP) is 6.72. The van der Waals surface area contributed by atoms with Crippen LogP contribution in [0.25, 0.3) is 5.69 Å². The number of methoxy groups -OCH3 is 1. The van der Waals surface area contributed by atoms with Crippen LogP contribution in [0.3, 0.4) is 0 Å². The predicted molar refractivity (Wildman–Crippen MR) is 140 cm³/mol. The fourth-order valence-electron chi connectivity index (χ4n) is 3.56. The van der Waals surface area contributed by atoms with Gasteiger partial charge in [0.2, 0.25) is 6.54 Å². The molecule has 0 saturated heterocycles. The van der Waals surface area contributed by atoms with Gasteiger partial charge in [0.15, 0.2) is 10.9 Å². The molecule has 0 spiro atoms. The van der Waals surface area contributed by atoms with Crippen molar-refractivity contribution in [3.8, 4) is 17.2 Å². The first-order chi connectivity index (χ1) is 17.7. The lowest BCUT2D eigenvalue weighted by Gasteiger charge is -2.17. The van der Waals surface area contributed by atoms with Crippen LogP contribution in [0.1, 0.15) is 22.2 Å². The van der Waals surface area contributed by atoms with Crippen molar-refractivity contribution in [2.75, 3.05) is 13.7 Å². The third kappa shape index (κ3) is 6.51. The molecule has 1 aromatic heterocycles. The van der Waals surface area contributed by atoms with Crippen molar-refractivity contribution in [3.63, 3.8) is 0 Å². The first kappa shape index (κ1) is 26.7. The number of nitro groups is 1. The van der Waals surface area contributed by atoms with Crippen LogP contribution < -0.4 is 9.47 Å². The maximum absolute atomic E-state index is 13.2. The molecule has 3 aromatic carbocycles. The lowest BCUT2D eigenvalue weighted by atomic mass is 10.1. The number of hydrogen-bond donors (Lipinski definition) is 0. The molecule has 0 bridgehead atoms. The Bertz CT molecular complexity index is 1380. The molecule has 0 unspecified atom stereocenters. The molecule has 8 nitrogen and oxygen atoms in total. The van der Waals surface area contributed by atoms with Crippen LogP contribution >= 0.6 is 35.0 Å². The molecule has 0 N–H and O–H groups in total. The van der Waals surface area contributed by atoms with E-state index in [0.29, 0.717) is 22.3 Å². The van der Waals surface area contributed by atoms with Crippen molar-refractivity contribution in [1.29, 1.82) is 0 Å². The molecule has 1 atom stereocenters. The minimum atomic E-state index is -0.670. The van der Waals surface area contributed by atoms with E-state index in [1.54, 1.807) is 42.9 Å². The van der Waals surface area contributed by atoms with Gasteiger partial charge in [0.1, 0.15) is 29.2 Å². The number of nitrogens with zero attached hydrogens (tertiary/aromatic N) is 4. The third-order valence-corrected chi connectivity index (χ3v) is 7.12. The molecule has 1 heterocycles. The molecule has 0 aliphatic rings. The molecule has 37 heavy (non-hydrogen) atoms. The van der Waals surface area contributed by atoms with Crippen molar-refractivity contribution in [2.24, 2.45) is 0 Å². The van der Waals surface area contributed by atoms with E-state index < -0.39 is 16.7 Å². The summed E-state index contributed by atoms with van der Waals surface area (Å²) in [7, 11) is 1.58. The topological polar surface area (TPSA) is 92.3 Å². The normalized spacial score (nSPS) is 11.8. The summed E-state index contributed by atoms with van der Waals surface area (Å²) in [6.07, 6.45) is 0. The fourth-order valence-corrected chi connectivity index (χ4v) is 5.33. The van der Waals surface area contributed by atoms with Crippen molar-refractivity contribution in [1.82, 2.24) is 14.8 Å². The standard InChI is InChI=1S/C25H21Cl2FN4O4S/c1-15-29-30-25(32(15)19-7-9-20(35-2)10-8-19)37-23(13-31(33)34)17-11-21(26)24(22(27)12-17)36-14-16-3-5-18(28)6-4-16/h3-12,23H,13-14H2,1-2H3/t23-/m0/s1. The largest absolute Gasteiger partial charge is 0.497 e. The van der Waals surface area contributed by atoms with Gasteiger partial charge in [-0.25, -0.2) is 4.39 Å². The Morgan fingerprint density at radius 2 is 1.73 bits per heavy atom. The van der Waals surface area contributed by atoms with Gasteiger partial charge in [-0.2, -0.15) is 0 Å². The minimum absolute atomic E-state index is 0.121. The van der Waals surface area contributed by atoms with Crippen molar-refractivity contribution in [2.45, 2.75) is 23.9 Å². The van der Waals surface area contributed by atoms with Crippen LogP contribution in [0.4, 0.5) is 4.39 Å². The SMILES string of the molecule is COc1ccc(-n2c(C)nnc2S[C@@H](C[N+](=O)[O-])c2cc(Cl)c(OCc3ccc(F)cc3)c(Cl)c2)cc1. The van der Waals surface area contributed by atoms with E-state index in [1.807, 2.05) is 24.3 Å². The van der Waals surface area contributed by atoms with E-state index >= 15 is 0 Å². The zero-order chi connectivity index (χ0) is 26.5. The molecule has 12 heteroatoms. The van der Waals surface area contributed by atoms with Gasteiger partial charge >= 0.3 is 0 Å². The smallest absolute Gasteiger partial charge is 0.220 e. The van der Waals surface area contributed by atoms with E-state index in [4.69, 9.17) is 32.7 Å². The van der Waals surface area contributed by atoms with Crippen LogP contribution in [0.15, 0.2) is 65.8 Å². The Morgan fingerprint density at radius 1 is 1.08 bits per heavy atom. The van der Waals surface area contributed by atoms with Gasteiger partial charge in [-0.1, -0.05) is 47.1 Å².